The molecule has 2 atom stereocenters. The summed E-state index contributed by atoms with van der Waals surface area (Å²) in [7, 11) is 0. The normalized spacial score (nSPS) is 27.4. The number of amides is 2. The fraction of sp³-hybridized carbons (Fsp3) is 0.867. The highest BCUT2D eigenvalue weighted by Gasteiger charge is 2.30. The highest BCUT2D eigenvalue weighted by molar-refractivity contribution is 5.84. The summed E-state index contributed by atoms with van der Waals surface area (Å²) < 4.78 is 0. The van der Waals surface area contributed by atoms with Crippen LogP contribution in [0.2, 0.25) is 0 Å². The molecule has 2 saturated carbocycles. The first-order chi connectivity index (χ1) is 9.56. The minimum absolute atomic E-state index is 0.0717. The molecule has 0 aromatic rings. The molecular weight excluding hydrogens is 254 g/mol. The van der Waals surface area contributed by atoms with Gasteiger partial charge in [0.05, 0.1) is 6.54 Å². The van der Waals surface area contributed by atoms with Gasteiger partial charge < -0.3 is 16.4 Å². The third-order valence-corrected chi connectivity index (χ3v) is 4.70. The van der Waals surface area contributed by atoms with Gasteiger partial charge in [-0.25, -0.2) is 0 Å². The van der Waals surface area contributed by atoms with E-state index in [-0.39, 0.29) is 24.5 Å². The van der Waals surface area contributed by atoms with Crippen LogP contribution in [0, 0.1) is 5.92 Å². The van der Waals surface area contributed by atoms with Crippen LogP contribution in [-0.4, -0.2) is 35.3 Å². The Morgan fingerprint density at radius 3 is 2.35 bits per heavy atom. The van der Waals surface area contributed by atoms with Crippen LogP contribution in [0.4, 0.5) is 0 Å². The summed E-state index contributed by atoms with van der Waals surface area (Å²) in [6.07, 6.45) is 9.00. The molecule has 4 N–H and O–H groups in total. The Labute approximate surface area is 121 Å². The zero-order chi connectivity index (χ0) is 14.5. The van der Waals surface area contributed by atoms with Crippen LogP contribution >= 0.6 is 0 Å². The van der Waals surface area contributed by atoms with Gasteiger partial charge >= 0.3 is 0 Å². The van der Waals surface area contributed by atoms with E-state index in [4.69, 9.17) is 11.5 Å². The van der Waals surface area contributed by atoms with Crippen molar-refractivity contribution >= 4 is 11.8 Å². The molecule has 2 aliphatic rings. The van der Waals surface area contributed by atoms with Gasteiger partial charge in [0, 0.05) is 18.5 Å². The van der Waals surface area contributed by atoms with Gasteiger partial charge in [-0.15, -0.1) is 0 Å². The third kappa shape index (κ3) is 4.20. The number of carbonyl (C=O) groups is 2. The molecule has 5 nitrogen and oxygen atoms in total. The van der Waals surface area contributed by atoms with Crippen LogP contribution in [0.15, 0.2) is 0 Å². The molecule has 0 bridgehead atoms. The maximum absolute atomic E-state index is 12.5. The lowest BCUT2D eigenvalue weighted by molar-refractivity contribution is -0.138. The van der Waals surface area contributed by atoms with Gasteiger partial charge in [-0.3, -0.25) is 9.59 Å². The second-order valence-corrected chi connectivity index (χ2v) is 6.42. The molecule has 0 radical (unpaired) electrons. The summed E-state index contributed by atoms with van der Waals surface area (Å²) in [5, 5.41) is 0. The third-order valence-electron chi connectivity index (χ3n) is 4.70. The predicted octanol–water partition coefficient (Wildman–Crippen LogP) is 1.15. The highest BCUT2D eigenvalue weighted by atomic mass is 16.2. The summed E-state index contributed by atoms with van der Waals surface area (Å²) in [6.45, 7) is 0.0717. The van der Waals surface area contributed by atoms with Crippen molar-refractivity contribution in [2.24, 2.45) is 17.4 Å². The number of hydrogen-bond donors (Lipinski definition) is 2. The van der Waals surface area contributed by atoms with Gasteiger partial charge in [-0.05, 0) is 38.0 Å². The predicted molar refractivity (Wildman–Crippen MR) is 77.7 cm³/mol. The average Bonchev–Trinajstić information content (AvgIpc) is 2.89. The molecule has 2 amide bonds. The Kier molecular flexibility index (Phi) is 5.40. The number of nitrogens with zero attached hydrogens (tertiary/aromatic N) is 1. The first kappa shape index (κ1) is 15.3. The summed E-state index contributed by atoms with van der Waals surface area (Å²) in [5.41, 5.74) is 11.3. The summed E-state index contributed by atoms with van der Waals surface area (Å²) in [5.74, 6) is 0.0587. The molecular formula is C15H27N3O2. The van der Waals surface area contributed by atoms with Gasteiger partial charge in [0.15, 0.2) is 0 Å². The number of carbonyl (C=O) groups excluding carboxylic acids is 2. The quantitative estimate of drug-likeness (QED) is 0.792. The fourth-order valence-corrected chi connectivity index (χ4v) is 3.69. The molecule has 0 aromatic carbocycles. The van der Waals surface area contributed by atoms with E-state index < -0.39 is 5.91 Å². The lowest BCUT2D eigenvalue weighted by Gasteiger charge is -2.31. The molecule has 20 heavy (non-hydrogen) atoms. The molecule has 2 rings (SSSR count). The standard InChI is InChI=1S/C15H27N3O2/c16-12-5-3-4-11(8-12)9-15(20)18(10-14(17)19)13-6-1-2-7-13/h11-13H,1-10,16H2,(H2,17,19). The van der Waals surface area contributed by atoms with Crippen LogP contribution in [0.3, 0.4) is 0 Å². The summed E-state index contributed by atoms with van der Waals surface area (Å²) >= 11 is 0. The topological polar surface area (TPSA) is 89.4 Å². The molecule has 0 saturated heterocycles. The van der Waals surface area contributed by atoms with E-state index in [1.165, 1.54) is 0 Å². The highest BCUT2D eigenvalue weighted by Crippen LogP contribution is 2.29. The molecule has 2 fully saturated rings. The van der Waals surface area contributed by atoms with E-state index in [1.54, 1.807) is 4.90 Å². The molecule has 2 unspecified atom stereocenters. The summed E-state index contributed by atoms with van der Waals surface area (Å²) in [4.78, 5) is 25.5. The summed E-state index contributed by atoms with van der Waals surface area (Å²) in [6, 6.07) is 0.449. The zero-order valence-electron chi connectivity index (χ0n) is 12.2. The minimum atomic E-state index is -0.411. The van der Waals surface area contributed by atoms with Gasteiger partial charge in [-0.2, -0.15) is 0 Å². The van der Waals surface area contributed by atoms with Gasteiger partial charge in [0.25, 0.3) is 0 Å². The van der Waals surface area contributed by atoms with Crippen LogP contribution in [0.1, 0.15) is 57.8 Å². The monoisotopic (exact) mass is 281 g/mol. The van der Waals surface area contributed by atoms with Crippen molar-refractivity contribution in [2.45, 2.75) is 69.9 Å². The molecule has 114 valence electrons. The number of rotatable bonds is 5. The van der Waals surface area contributed by atoms with Crippen molar-refractivity contribution in [3.63, 3.8) is 0 Å². The van der Waals surface area contributed by atoms with Crippen molar-refractivity contribution in [3.05, 3.63) is 0 Å². The average molecular weight is 281 g/mol. The Balaban J connectivity index is 1.92. The van der Waals surface area contributed by atoms with E-state index in [9.17, 15) is 9.59 Å². The Bertz CT molecular complexity index is 353. The van der Waals surface area contributed by atoms with Gasteiger partial charge in [0.2, 0.25) is 11.8 Å². The van der Waals surface area contributed by atoms with Gasteiger partial charge in [-0.1, -0.05) is 19.3 Å². The Morgan fingerprint density at radius 1 is 1.05 bits per heavy atom. The second-order valence-electron chi connectivity index (χ2n) is 6.42. The zero-order valence-corrected chi connectivity index (χ0v) is 12.2. The SMILES string of the molecule is NC(=O)CN(C(=O)CC1CCCC(N)C1)C1CCCC1. The smallest absolute Gasteiger partial charge is 0.237 e. The molecule has 0 aliphatic heterocycles. The van der Waals surface area contributed by atoms with Crippen LogP contribution < -0.4 is 11.5 Å². The minimum Gasteiger partial charge on any atom is -0.368 e. The van der Waals surface area contributed by atoms with E-state index >= 15 is 0 Å². The van der Waals surface area contributed by atoms with Crippen molar-refractivity contribution in [1.29, 1.82) is 0 Å². The molecule has 0 spiro atoms. The van der Waals surface area contributed by atoms with Gasteiger partial charge in [0.1, 0.15) is 0 Å². The Morgan fingerprint density at radius 2 is 1.75 bits per heavy atom. The first-order valence-corrected chi connectivity index (χ1v) is 7.89. The van der Waals surface area contributed by atoms with Crippen molar-refractivity contribution in [1.82, 2.24) is 4.90 Å². The molecule has 0 aromatic heterocycles. The van der Waals surface area contributed by atoms with E-state index in [0.29, 0.717) is 12.3 Å². The van der Waals surface area contributed by atoms with E-state index in [0.717, 1.165) is 51.4 Å². The van der Waals surface area contributed by atoms with E-state index in [2.05, 4.69) is 0 Å². The number of hydrogen-bond acceptors (Lipinski definition) is 3. The van der Waals surface area contributed by atoms with Crippen molar-refractivity contribution < 1.29 is 9.59 Å². The molecule has 5 heteroatoms. The second kappa shape index (κ2) is 7.07. The largest absolute Gasteiger partial charge is 0.368 e. The lowest BCUT2D eigenvalue weighted by Crippen LogP contribution is -2.45. The van der Waals surface area contributed by atoms with Crippen LogP contribution in [0.5, 0.6) is 0 Å². The molecule has 0 heterocycles. The van der Waals surface area contributed by atoms with Crippen molar-refractivity contribution in [3.8, 4) is 0 Å². The first-order valence-electron chi connectivity index (χ1n) is 7.89. The van der Waals surface area contributed by atoms with Crippen molar-refractivity contribution in [2.75, 3.05) is 6.54 Å². The van der Waals surface area contributed by atoms with Crippen LogP contribution in [-0.2, 0) is 9.59 Å². The van der Waals surface area contributed by atoms with Crippen LogP contribution in [0.25, 0.3) is 0 Å². The maximum atomic E-state index is 12.5. The maximum Gasteiger partial charge on any atom is 0.237 e. The Hall–Kier alpha value is -1.10. The number of primary amides is 1. The number of nitrogens with two attached hydrogens (primary N) is 2. The lowest BCUT2D eigenvalue weighted by atomic mass is 9.84. The fourth-order valence-electron chi connectivity index (χ4n) is 3.69. The molecule has 2 aliphatic carbocycles. The van der Waals surface area contributed by atoms with E-state index in [1.807, 2.05) is 0 Å².